The molecule has 1 aliphatic carbocycles. The summed E-state index contributed by atoms with van der Waals surface area (Å²) in [6, 6.07) is 0.842. The lowest BCUT2D eigenvalue weighted by Crippen LogP contribution is -2.27. The van der Waals surface area contributed by atoms with Crippen LogP contribution in [-0.4, -0.2) is 12.6 Å². The Morgan fingerprint density at radius 1 is 1.20 bits per heavy atom. The van der Waals surface area contributed by atoms with Gasteiger partial charge in [0.1, 0.15) is 0 Å². The molecule has 0 aromatic rings. The van der Waals surface area contributed by atoms with Crippen molar-refractivity contribution in [3.63, 3.8) is 0 Å². The van der Waals surface area contributed by atoms with Crippen molar-refractivity contribution in [2.24, 2.45) is 11.8 Å². The van der Waals surface area contributed by atoms with Crippen LogP contribution in [0.4, 0.5) is 0 Å². The fraction of sp³-hybridized carbons (Fsp3) is 1.00. The molecule has 1 fully saturated rings. The van der Waals surface area contributed by atoms with E-state index in [9.17, 15) is 0 Å². The van der Waals surface area contributed by atoms with Gasteiger partial charge in [-0.05, 0) is 44.1 Å². The number of unbranched alkanes of at least 4 members (excludes halogenated alkanes) is 1. The molecule has 2 unspecified atom stereocenters. The van der Waals surface area contributed by atoms with Gasteiger partial charge in [0.05, 0.1) is 0 Å². The van der Waals surface area contributed by atoms with Crippen molar-refractivity contribution in [3.8, 4) is 0 Å². The number of nitrogens with one attached hydrogen (secondary N) is 1. The van der Waals surface area contributed by atoms with E-state index < -0.39 is 0 Å². The molecule has 1 aliphatic rings. The van der Waals surface area contributed by atoms with E-state index in [1.807, 2.05) is 0 Å². The summed E-state index contributed by atoms with van der Waals surface area (Å²) in [7, 11) is 0. The third-order valence-electron chi connectivity index (χ3n) is 3.76. The van der Waals surface area contributed by atoms with Gasteiger partial charge in [-0.25, -0.2) is 0 Å². The van der Waals surface area contributed by atoms with Crippen molar-refractivity contribution >= 4 is 0 Å². The molecule has 0 aromatic heterocycles. The normalized spacial score (nSPS) is 26.4. The first-order valence-corrected chi connectivity index (χ1v) is 6.95. The quantitative estimate of drug-likeness (QED) is 0.628. The van der Waals surface area contributed by atoms with E-state index in [1.165, 1.54) is 51.5 Å². The molecule has 0 saturated heterocycles. The van der Waals surface area contributed by atoms with Crippen LogP contribution in [0.5, 0.6) is 0 Å². The molecular weight excluding hydrogens is 182 g/mol. The van der Waals surface area contributed by atoms with Gasteiger partial charge in [0.2, 0.25) is 0 Å². The molecular formula is C14H29N. The van der Waals surface area contributed by atoms with Crippen LogP contribution in [0.3, 0.4) is 0 Å². The van der Waals surface area contributed by atoms with E-state index in [-0.39, 0.29) is 0 Å². The van der Waals surface area contributed by atoms with Crippen molar-refractivity contribution in [2.75, 3.05) is 6.54 Å². The highest BCUT2D eigenvalue weighted by atomic mass is 14.9. The van der Waals surface area contributed by atoms with Crippen LogP contribution in [0, 0.1) is 11.8 Å². The summed E-state index contributed by atoms with van der Waals surface area (Å²) in [4.78, 5) is 0. The third kappa shape index (κ3) is 5.55. The van der Waals surface area contributed by atoms with E-state index in [4.69, 9.17) is 0 Å². The third-order valence-corrected chi connectivity index (χ3v) is 3.76. The summed E-state index contributed by atoms with van der Waals surface area (Å²) in [6.07, 6.45) is 9.85. The Hall–Kier alpha value is -0.0400. The van der Waals surface area contributed by atoms with Crippen LogP contribution >= 0.6 is 0 Å². The van der Waals surface area contributed by atoms with Crippen LogP contribution < -0.4 is 5.32 Å². The van der Waals surface area contributed by atoms with Crippen molar-refractivity contribution < 1.29 is 0 Å². The zero-order valence-electron chi connectivity index (χ0n) is 10.9. The zero-order valence-corrected chi connectivity index (χ0v) is 10.9. The Morgan fingerprint density at radius 3 is 2.60 bits per heavy atom. The molecule has 1 N–H and O–H groups in total. The van der Waals surface area contributed by atoms with Gasteiger partial charge in [-0.1, -0.05) is 40.0 Å². The van der Waals surface area contributed by atoms with Crippen molar-refractivity contribution in [3.05, 3.63) is 0 Å². The van der Waals surface area contributed by atoms with Gasteiger partial charge in [0.15, 0.2) is 0 Å². The molecule has 1 rings (SSSR count). The molecule has 0 aliphatic heterocycles. The molecule has 0 heterocycles. The summed E-state index contributed by atoms with van der Waals surface area (Å²) >= 11 is 0. The average Bonchev–Trinajstić information content (AvgIpc) is 2.65. The average molecular weight is 211 g/mol. The maximum atomic E-state index is 3.72. The van der Waals surface area contributed by atoms with Crippen LogP contribution in [0.15, 0.2) is 0 Å². The second-order valence-electron chi connectivity index (χ2n) is 5.63. The molecule has 0 radical (unpaired) electrons. The predicted molar refractivity (Wildman–Crippen MR) is 68.1 cm³/mol. The smallest absolute Gasteiger partial charge is 0.00698 e. The lowest BCUT2D eigenvalue weighted by atomic mass is 10.1. The highest BCUT2D eigenvalue weighted by Crippen LogP contribution is 2.27. The summed E-state index contributed by atoms with van der Waals surface area (Å²) < 4.78 is 0. The molecule has 15 heavy (non-hydrogen) atoms. The maximum absolute atomic E-state index is 3.72. The van der Waals surface area contributed by atoms with Crippen molar-refractivity contribution in [1.82, 2.24) is 5.32 Å². The highest BCUT2D eigenvalue weighted by molar-refractivity contribution is 4.79. The van der Waals surface area contributed by atoms with E-state index in [1.54, 1.807) is 0 Å². The molecule has 1 nitrogen and oxygen atoms in total. The van der Waals surface area contributed by atoms with Crippen molar-refractivity contribution in [1.29, 1.82) is 0 Å². The van der Waals surface area contributed by atoms with Gasteiger partial charge in [-0.15, -0.1) is 0 Å². The van der Waals surface area contributed by atoms with Gasteiger partial charge >= 0.3 is 0 Å². The standard InChI is InChI=1S/C14H29N/c1-4-13-8-9-14(11-13)15-10-6-5-7-12(2)3/h12-15H,4-11H2,1-3H3. The minimum absolute atomic E-state index is 0.842. The lowest BCUT2D eigenvalue weighted by molar-refractivity contribution is 0.458. The first-order valence-electron chi connectivity index (χ1n) is 6.95. The topological polar surface area (TPSA) is 12.0 Å². The number of hydrogen-bond acceptors (Lipinski definition) is 1. The first-order chi connectivity index (χ1) is 7.22. The van der Waals surface area contributed by atoms with Crippen LogP contribution in [0.2, 0.25) is 0 Å². The molecule has 2 atom stereocenters. The molecule has 0 aromatic carbocycles. The minimum atomic E-state index is 0.842. The van der Waals surface area contributed by atoms with Crippen molar-refractivity contribution in [2.45, 2.75) is 71.8 Å². The summed E-state index contributed by atoms with van der Waals surface area (Å²) in [6.45, 7) is 8.20. The largest absolute Gasteiger partial charge is 0.314 e. The van der Waals surface area contributed by atoms with Crippen LogP contribution in [-0.2, 0) is 0 Å². The van der Waals surface area contributed by atoms with Crippen LogP contribution in [0.1, 0.15) is 65.7 Å². The number of hydrogen-bond donors (Lipinski definition) is 1. The highest BCUT2D eigenvalue weighted by Gasteiger charge is 2.22. The second kappa shape index (κ2) is 7.27. The van der Waals surface area contributed by atoms with E-state index in [0.717, 1.165) is 17.9 Å². The van der Waals surface area contributed by atoms with E-state index in [2.05, 4.69) is 26.1 Å². The molecule has 0 bridgehead atoms. The first kappa shape index (κ1) is 13.0. The Kier molecular flexibility index (Phi) is 6.31. The molecule has 90 valence electrons. The maximum Gasteiger partial charge on any atom is 0.00698 e. The summed E-state index contributed by atoms with van der Waals surface area (Å²) in [5.74, 6) is 1.89. The predicted octanol–water partition coefficient (Wildman–Crippen LogP) is 3.98. The van der Waals surface area contributed by atoms with Gasteiger partial charge < -0.3 is 5.32 Å². The zero-order chi connectivity index (χ0) is 11.1. The van der Waals surface area contributed by atoms with Gasteiger partial charge in [0.25, 0.3) is 0 Å². The Bertz CT molecular complexity index is 153. The Balaban J connectivity index is 1.92. The molecule has 0 amide bonds. The Labute approximate surface area is 96.0 Å². The molecule has 1 heteroatoms. The lowest BCUT2D eigenvalue weighted by Gasteiger charge is -2.12. The van der Waals surface area contributed by atoms with Gasteiger partial charge in [-0.3, -0.25) is 0 Å². The molecule has 0 spiro atoms. The minimum Gasteiger partial charge on any atom is -0.314 e. The SMILES string of the molecule is CCC1CCC(NCCCCC(C)C)C1. The summed E-state index contributed by atoms with van der Waals surface area (Å²) in [5, 5.41) is 3.72. The Morgan fingerprint density at radius 2 is 2.00 bits per heavy atom. The fourth-order valence-corrected chi connectivity index (χ4v) is 2.61. The number of rotatable bonds is 7. The van der Waals surface area contributed by atoms with E-state index in [0.29, 0.717) is 0 Å². The molecule has 1 saturated carbocycles. The van der Waals surface area contributed by atoms with Crippen LogP contribution in [0.25, 0.3) is 0 Å². The monoisotopic (exact) mass is 211 g/mol. The van der Waals surface area contributed by atoms with Gasteiger partial charge in [0, 0.05) is 6.04 Å². The second-order valence-corrected chi connectivity index (χ2v) is 5.63. The summed E-state index contributed by atoms with van der Waals surface area (Å²) in [5.41, 5.74) is 0. The fourth-order valence-electron chi connectivity index (χ4n) is 2.61. The van der Waals surface area contributed by atoms with E-state index >= 15 is 0 Å². The van der Waals surface area contributed by atoms with Gasteiger partial charge in [-0.2, -0.15) is 0 Å².